The largest absolute Gasteiger partial charge is 0.375 e. The van der Waals surface area contributed by atoms with E-state index in [2.05, 4.69) is 45.3 Å². The standard InChI is InChI=1S/C22H44N2O3/c1-7-13-19(25)23-17-14-22(11-5,12-6)27-18-15-21(9-3,10-4)20(26)24-16-8-2/h7-18H2,1-6H3,(H,23,25)(H,24,26). The van der Waals surface area contributed by atoms with Crippen molar-refractivity contribution in [2.24, 2.45) is 5.41 Å². The molecule has 0 heterocycles. The van der Waals surface area contributed by atoms with Crippen molar-refractivity contribution in [3.05, 3.63) is 0 Å². The Morgan fingerprint density at radius 1 is 0.778 bits per heavy atom. The number of rotatable bonds is 16. The summed E-state index contributed by atoms with van der Waals surface area (Å²) in [6.45, 7) is 14.5. The summed E-state index contributed by atoms with van der Waals surface area (Å²) < 4.78 is 6.35. The van der Waals surface area contributed by atoms with Gasteiger partial charge in [-0.25, -0.2) is 0 Å². The summed E-state index contributed by atoms with van der Waals surface area (Å²) in [5.41, 5.74) is -0.579. The van der Waals surface area contributed by atoms with Gasteiger partial charge >= 0.3 is 0 Å². The lowest BCUT2D eigenvalue weighted by Gasteiger charge is -2.35. The highest BCUT2D eigenvalue weighted by molar-refractivity contribution is 5.82. The fourth-order valence-electron chi connectivity index (χ4n) is 3.55. The summed E-state index contributed by atoms with van der Waals surface area (Å²) in [6.07, 6.45) is 7.38. The zero-order valence-electron chi connectivity index (χ0n) is 18.7. The Hall–Kier alpha value is -1.10. The average molecular weight is 385 g/mol. The van der Waals surface area contributed by atoms with Crippen LogP contribution >= 0.6 is 0 Å². The van der Waals surface area contributed by atoms with Crippen LogP contribution in [0.25, 0.3) is 0 Å². The van der Waals surface area contributed by atoms with Crippen LogP contribution in [0, 0.1) is 5.41 Å². The molecule has 0 bridgehead atoms. The monoisotopic (exact) mass is 384 g/mol. The quantitative estimate of drug-likeness (QED) is 0.409. The van der Waals surface area contributed by atoms with Gasteiger partial charge in [0.2, 0.25) is 11.8 Å². The molecule has 0 fully saturated rings. The first-order valence-corrected chi connectivity index (χ1v) is 11.1. The van der Waals surface area contributed by atoms with Crippen molar-refractivity contribution in [3.8, 4) is 0 Å². The molecule has 0 unspecified atom stereocenters. The average Bonchev–Trinajstić information content (AvgIpc) is 2.68. The summed E-state index contributed by atoms with van der Waals surface area (Å²) in [5.74, 6) is 0.269. The van der Waals surface area contributed by atoms with Crippen molar-refractivity contribution in [2.45, 2.75) is 105 Å². The lowest BCUT2D eigenvalue weighted by atomic mass is 9.78. The van der Waals surface area contributed by atoms with E-state index in [4.69, 9.17) is 4.74 Å². The van der Waals surface area contributed by atoms with Crippen LogP contribution in [-0.4, -0.2) is 37.1 Å². The fourth-order valence-corrected chi connectivity index (χ4v) is 3.55. The zero-order valence-corrected chi connectivity index (χ0v) is 18.7. The minimum Gasteiger partial charge on any atom is -0.375 e. The van der Waals surface area contributed by atoms with E-state index in [1.165, 1.54) is 0 Å². The van der Waals surface area contributed by atoms with E-state index in [0.29, 0.717) is 19.6 Å². The van der Waals surface area contributed by atoms with Crippen molar-refractivity contribution < 1.29 is 14.3 Å². The Morgan fingerprint density at radius 3 is 1.89 bits per heavy atom. The van der Waals surface area contributed by atoms with Gasteiger partial charge in [0, 0.05) is 26.1 Å². The Kier molecular flexibility index (Phi) is 13.4. The Balaban J connectivity index is 4.76. The van der Waals surface area contributed by atoms with Crippen LogP contribution in [0.5, 0.6) is 0 Å². The normalized spacial score (nSPS) is 12.1. The molecule has 0 aromatic rings. The van der Waals surface area contributed by atoms with Crippen molar-refractivity contribution >= 4 is 11.8 Å². The van der Waals surface area contributed by atoms with E-state index in [0.717, 1.165) is 57.9 Å². The fraction of sp³-hybridized carbons (Fsp3) is 0.909. The highest BCUT2D eigenvalue weighted by atomic mass is 16.5. The molecule has 0 saturated carbocycles. The number of hydrogen-bond donors (Lipinski definition) is 2. The third-order valence-electron chi connectivity index (χ3n) is 6.03. The van der Waals surface area contributed by atoms with Crippen molar-refractivity contribution in [3.63, 3.8) is 0 Å². The maximum absolute atomic E-state index is 12.7. The lowest BCUT2D eigenvalue weighted by Crippen LogP contribution is -2.43. The number of hydrogen-bond acceptors (Lipinski definition) is 3. The molecule has 0 saturated heterocycles. The molecule has 160 valence electrons. The number of nitrogens with one attached hydrogen (secondary N) is 2. The van der Waals surface area contributed by atoms with E-state index < -0.39 is 0 Å². The molecule has 2 amide bonds. The van der Waals surface area contributed by atoms with Crippen LogP contribution in [0.1, 0.15) is 99.3 Å². The van der Waals surface area contributed by atoms with E-state index in [-0.39, 0.29) is 22.8 Å². The SMILES string of the molecule is CCCNC(=O)C(CC)(CC)CCOC(CC)(CC)CCNC(=O)CCC. The second-order valence-electron chi connectivity index (χ2n) is 7.58. The third-order valence-corrected chi connectivity index (χ3v) is 6.03. The molecule has 0 aromatic carbocycles. The van der Waals surface area contributed by atoms with Gasteiger partial charge in [-0.15, -0.1) is 0 Å². The maximum atomic E-state index is 12.7. The van der Waals surface area contributed by atoms with E-state index in [1.54, 1.807) is 0 Å². The van der Waals surface area contributed by atoms with Gasteiger partial charge < -0.3 is 15.4 Å². The van der Waals surface area contributed by atoms with Crippen LogP contribution in [0.15, 0.2) is 0 Å². The van der Waals surface area contributed by atoms with Gasteiger partial charge in [-0.2, -0.15) is 0 Å². The Labute approximate surface area is 167 Å². The molecule has 0 spiro atoms. The highest BCUT2D eigenvalue weighted by Gasteiger charge is 2.35. The molecule has 0 aliphatic rings. The van der Waals surface area contributed by atoms with Gasteiger partial charge in [0.1, 0.15) is 0 Å². The third kappa shape index (κ3) is 8.63. The first-order chi connectivity index (χ1) is 12.9. The predicted octanol–water partition coefficient (Wildman–Crippen LogP) is 4.59. The molecular formula is C22H44N2O3. The molecule has 5 heteroatoms. The lowest BCUT2D eigenvalue weighted by molar-refractivity contribution is -0.135. The molecule has 27 heavy (non-hydrogen) atoms. The van der Waals surface area contributed by atoms with E-state index >= 15 is 0 Å². The van der Waals surface area contributed by atoms with Gasteiger partial charge in [-0.3, -0.25) is 9.59 Å². The summed E-state index contributed by atoms with van der Waals surface area (Å²) in [4.78, 5) is 24.4. The molecule has 0 aliphatic carbocycles. The molecule has 0 rings (SSSR count). The van der Waals surface area contributed by atoms with Crippen molar-refractivity contribution in [1.82, 2.24) is 10.6 Å². The van der Waals surface area contributed by atoms with Gasteiger partial charge in [0.05, 0.1) is 11.0 Å². The number of ether oxygens (including phenoxy) is 1. The van der Waals surface area contributed by atoms with Gasteiger partial charge in [0.25, 0.3) is 0 Å². The summed E-state index contributed by atoms with van der Waals surface area (Å²) >= 11 is 0. The minimum absolute atomic E-state index is 0.113. The summed E-state index contributed by atoms with van der Waals surface area (Å²) in [6, 6.07) is 0. The first-order valence-electron chi connectivity index (χ1n) is 11.1. The molecule has 5 nitrogen and oxygen atoms in total. The second kappa shape index (κ2) is 14.0. The molecular weight excluding hydrogens is 340 g/mol. The smallest absolute Gasteiger partial charge is 0.226 e. The minimum atomic E-state index is -0.349. The van der Waals surface area contributed by atoms with Crippen molar-refractivity contribution in [2.75, 3.05) is 19.7 Å². The van der Waals surface area contributed by atoms with Gasteiger partial charge in [0.15, 0.2) is 0 Å². The molecule has 0 aliphatic heterocycles. The molecule has 0 aromatic heterocycles. The molecule has 0 radical (unpaired) electrons. The molecule has 0 atom stereocenters. The summed E-state index contributed by atoms with van der Waals surface area (Å²) in [7, 11) is 0. The van der Waals surface area contributed by atoms with Crippen molar-refractivity contribution in [1.29, 1.82) is 0 Å². The van der Waals surface area contributed by atoms with Gasteiger partial charge in [-0.1, -0.05) is 41.5 Å². The topological polar surface area (TPSA) is 67.4 Å². The number of carbonyl (C=O) groups excluding carboxylic acids is 2. The first kappa shape index (κ1) is 25.9. The van der Waals surface area contributed by atoms with E-state index in [9.17, 15) is 9.59 Å². The number of carbonyl (C=O) groups is 2. The van der Waals surface area contributed by atoms with Crippen LogP contribution in [0.3, 0.4) is 0 Å². The summed E-state index contributed by atoms with van der Waals surface area (Å²) in [5, 5.41) is 6.06. The van der Waals surface area contributed by atoms with Gasteiger partial charge in [-0.05, 0) is 51.4 Å². The highest BCUT2D eigenvalue weighted by Crippen LogP contribution is 2.33. The molecule has 2 N–H and O–H groups in total. The van der Waals surface area contributed by atoms with Crippen LogP contribution in [0.2, 0.25) is 0 Å². The zero-order chi connectivity index (χ0) is 20.8. The Bertz CT molecular complexity index is 416. The van der Waals surface area contributed by atoms with E-state index in [1.807, 2.05) is 6.92 Å². The Morgan fingerprint density at radius 2 is 1.41 bits per heavy atom. The second-order valence-corrected chi connectivity index (χ2v) is 7.58. The van der Waals surface area contributed by atoms with Crippen LogP contribution in [-0.2, 0) is 14.3 Å². The maximum Gasteiger partial charge on any atom is 0.226 e. The predicted molar refractivity (Wildman–Crippen MR) is 113 cm³/mol. The van der Waals surface area contributed by atoms with Crippen LogP contribution < -0.4 is 10.6 Å². The van der Waals surface area contributed by atoms with Crippen LogP contribution in [0.4, 0.5) is 0 Å². The number of amides is 2.